The molecule has 1 N–H and O–H groups in total. The molecule has 0 bridgehead atoms. The molecule has 0 aliphatic carbocycles. The zero-order valence-electron chi connectivity index (χ0n) is 14.1. The van der Waals surface area contributed by atoms with Gasteiger partial charge >= 0.3 is 5.63 Å². The summed E-state index contributed by atoms with van der Waals surface area (Å²) in [5.41, 5.74) is 2.00. The maximum absolute atomic E-state index is 13.2. The van der Waals surface area contributed by atoms with Gasteiger partial charge in [-0.2, -0.15) is 0 Å². The van der Waals surface area contributed by atoms with Gasteiger partial charge in [-0.1, -0.05) is 36.4 Å². The van der Waals surface area contributed by atoms with Gasteiger partial charge in [0.05, 0.1) is 5.56 Å². The summed E-state index contributed by atoms with van der Waals surface area (Å²) >= 11 is 0. The standard InChI is InChI=1S/C22H14FNO3/c23-17-6-3-5-16(12-17)21(25)24-18-10-8-14(9-11-18)19-13-15-4-1-2-7-20(15)27-22(19)26/h1-13H,(H,24,25). The van der Waals surface area contributed by atoms with E-state index in [1.807, 2.05) is 12.1 Å². The molecule has 0 radical (unpaired) electrons. The fraction of sp³-hybridized carbons (Fsp3) is 0. The number of carbonyl (C=O) groups excluding carboxylic acids is 1. The van der Waals surface area contributed by atoms with Crippen molar-refractivity contribution in [3.8, 4) is 11.1 Å². The number of nitrogens with one attached hydrogen (secondary N) is 1. The number of fused-ring (bicyclic) bond motifs is 1. The number of carbonyl (C=O) groups is 1. The number of anilines is 1. The Balaban J connectivity index is 1.60. The first-order valence-corrected chi connectivity index (χ1v) is 8.30. The molecule has 3 aromatic carbocycles. The van der Waals surface area contributed by atoms with Crippen molar-refractivity contribution in [3.63, 3.8) is 0 Å². The molecule has 0 unspecified atom stereocenters. The highest BCUT2D eigenvalue weighted by atomic mass is 19.1. The number of hydrogen-bond acceptors (Lipinski definition) is 3. The van der Waals surface area contributed by atoms with E-state index >= 15 is 0 Å². The van der Waals surface area contributed by atoms with E-state index in [4.69, 9.17) is 4.42 Å². The van der Waals surface area contributed by atoms with Crippen molar-refractivity contribution in [1.29, 1.82) is 0 Å². The molecule has 4 nitrogen and oxygen atoms in total. The second kappa shape index (κ2) is 6.88. The Hall–Kier alpha value is -3.73. The van der Waals surface area contributed by atoms with E-state index in [-0.39, 0.29) is 5.56 Å². The molecule has 0 spiro atoms. The fourth-order valence-corrected chi connectivity index (χ4v) is 2.83. The lowest BCUT2D eigenvalue weighted by Gasteiger charge is -2.07. The highest BCUT2D eigenvalue weighted by molar-refractivity contribution is 6.04. The summed E-state index contributed by atoms with van der Waals surface area (Å²) in [5, 5.41) is 3.53. The number of para-hydroxylation sites is 1. The second-order valence-electron chi connectivity index (χ2n) is 6.03. The third kappa shape index (κ3) is 3.48. The lowest BCUT2D eigenvalue weighted by molar-refractivity contribution is 0.102. The molecule has 0 aliphatic rings. The average Bonchev–Trinajstić information content (AvgIpc) is 2.68. The van der Waals surface area contributed by atoms with E-state index in [2.05, 4.69) is 5.32 Å². The topological polar surface area (TPSA) is 59.3 Å². The summed E-state index contributed by atoms with van der Waals surface area (Å²) < 4.78 is 18.6. The second-order valence-corrected chi connectivity index (χ2v) is 6.03. The van der Waals surface area contributed by atoms with Gasteiger partial charge in [-0.3, -0.25) is 4.79 Å². The lowest BCUT2D eigenvalue weighted by Crippen LogP contribution is -2.12. The predicted octanol–water partition coefficient (Wildman–Crippen LogP) is 4.85. The van der Waals surface area contributed by atoms with Crippen LogP contribution in [-0.4, -0.2) is 5.91 Å². The third-order valence-corrected chi connectivity index (χ3v) is 4.18. The zero-order chi connectivity index (χ0) is 18.8. The van der Waals surface area contributed by atoms with E-state index in [9.17, 15) is 14.0 Å². The Bertz CT molecular complexity index is 1200. The summed E-state index contributed by atoms with van der Waals surface area (Å²) in [5.74, 6) is -0.881. The first kappa shape index (κ1) is 16.7. The zero-order valence-corrected chi connectivity index (χ0v) is 14.1. The molecule has 1 heterocycles. The van der Waals surface area contributed by atoms with Crippen LogP contribution in [0.3, 0.4) is 0 Å². The van der Waals surface area contributed by atoms with Crippen molar-refractivity contribution in [2.24, 2.45) is 0 Å². The van der Waals surface area contributed by atoms with Crippen LogP contribution in [0.1, 0.15) is 10.4 Å². The van der Waals surface area contributed by atoms with Gasteiger partial charge in [0.2, 0.25) is 0 Å². The largest absolute Gasteiger partial charge is 0.422 e. The summed E-state index contributed by atoms with van der Waals surface area (Å²) in [7, 11) is 0. The van der Waals surface area contributed by atoms with Gasteiger partial charge in [0, 0.05) is 16.6 Å². The minimum Gasteiger partial charge on any atom is -0.422 e. The molecule has 0 saturated heterocycles. The molecule has 5 heteroatoms. The van der Waals surface area contributed by atoms with Gasteiger partial charge < -0.3 is 9.73 Å². The van der Waals surface area contributed by atoms with E-state index in [1.54, 1.807) is 42.5 Å². The maximum atomic E-state index is 13.2. The number of amides is 1. The van der Waals surface area contributed by atoms with Crippen LogP contribution in [0.15, 0.2) is 88.1 Å². The van der Waals surface area contributed by atoms with E-state index in [1.165, 1.54) is 24.3 Å². The Morgan fingerprint density at radius 2 is 1.67 bits per heavy atom. The highest BCUT2D eigenvalue weighted by Crippen LogP contribution is 2.22. The summed E-state index contributed by atoms with van der Waals surface area (Å²) in [4.78, 5) is 24.4. The first-order valence-electron chi connectivity index (χ1n) is 8.30. The summed E-state index contributed by atoms with van der Waals surface area (Å²) in [6.45, 7) is 0. The molecule has 27 heavy (non-hydrogen) atoms. The van der Waals surface area contributed by atoms with Gasteiger partial charge in [-0.15, -0.1) is 0 Å². The Kier molecular flexibility index (Phi) is 4.26. The minimum absolute atomic E-state index is 0.231. The lowest BCUT2D eigenvalue weighted by atomic mass is 10.1. The molecule has 1 aromatic heterocycles. The molecule has 0 atom stereocenters. The number of hydrogen-bond donors (Lipinski definition) is 1. The molecule has 132 valence electrons. The van der Waals surface area contributed by atoms with Crippen molar-refractivity contribution < 1.29 is 13.6 Å². The fourth-order valence-electron chi connectivity index (χ4n) is 2.83. The van der Waals surface area contributed by atoms with Crippen molar-refractivity contribution >= 4 is 22.6 Å². The third-order valence-electron chi connectivity index (χ3n) is 4.18. The van der Waals surface area contributed by atoms with Gasteiger partial charge in [0.25, 0.3) is 5.91 Å². The monoisotopic (exact) mass is 359 g/mol. The normalized spacial score (nSPS) is 10.7. The van der Waals surface area contributed by atoms with Gasteiger partial charge in [0.15, 0.2) is 0 Å². The molecule has 0 saturated carbocycles. The maximum Gasteiger partial charge on any atom is 0.344 e. The van der Waals surface area contributed by atoms with Gasteiger partial charge in [0.1, 0.15) is 11.4 Å². The molecule has 4 aromatic rings. The Labute approximate surface area is 153 Å². The minimum atomic E-state index is -0.471. The van der Waals surface area contributed by atoms with Crippen LogP contribution in [0.25, 0.3) is 22.1 Å². The molecule has 0 fully saturated rings. The van der Waals surface area contributed by atoms with Crippen molar-refractivity contribution in [1.82, 2.24) is 0 Å². The first-order chi connectivity index (χ1) is 13.1. The number of halogens is 1. The quantitative estimate of drug-likeness (QED) is 0.532. The van der Waals surface area contributed by atoms with Crippen LogP contribution < -0.4 is 10.9 Å². The van der Waals surface area contributed by atoms with Gasteiger partial charge in [-0.25, -0.2) is 9.18 Å². The summed E-state index contributed by atoms with van der Waals surface area (Å²) in [6, 6.07) is 21.3. The molecular formula is C22H14FNO3. The van der Waals surface area contributed by atoms with E-state index < -0.39 is 17.3 Å². The number of rotatable bonds is 3. The highest BCUT2D eigenvalue weighted by Gasteiger charge is 2.10. The molecule has 1 amide bonds. The van der Waals surface area contributed by atoms with Gasteiger partial charge in [-0.05, 0) is 48.0 Å². The van der Waals surface area contributed by atoms with Crippen LogP contribution in [0.5, 0.6) is 0 Å². The van der Waals surface area contributed by atoms with Crippen LogP contribution in [-0.2, 0) is 0 Å². The Morgan fingerprint density at radius 3 is 2.44 bits per heavy atom. The van der Waals surface area contributed by atoms with Crippen LogP contribution in [0.2, 0.25) is 0 Å². The van der Waals surface area contributed by atoms with Crippen LogP contribution >= 0.6 is 0 Å². The molecule has 0 aliphatic heterocycles. The Morgan fingerprint density at radius 1 is 0.889 bits per heavy atom. The smallest absolute Gasteiger partial charge is 0.344 e. The van der Waals surface area contributed by atoms with Crippen molar-refractivity contribution in [2.45, 2.75) is 0 Å². The predicted molar refractivity (Wildman–Crippen MR) is 102 cm³/mol. The van der Waals surface area contributed by atoms with Crippen molar-refractivity contribution in [2.75, 3.05) is 5.32 Å². The number of benzene rings is 3. The summed E-state index contributed by atoms with van der Waals surface area (Å²) in [6.07, 6.45) is 0. The SMILES string of the molecule is O=C(Nc1ccc(-c2cc3ccccc3oc2=O)cc1)c1cccc(F)c1. The van der Waals surface area contributed by atoms with Crippen molar-refractivity contribution in [3.05, 3.63) is 101 Å². The molecule has 4 rings (SSSR count). The van der Waals surface area contributed by atoms with E-state index in [0.29, 0.717) is 22.4 Å². The van der Waals surface area contributed by atoms with E-state index in [0.717, 1.165) is 5.39 Å². The van der Waals surface area contributed by atoms with Crippen LogP contribution in [0.4, 0.5) is 10.1 Å². The average molecular weight is 359 g/mol. The molecular weight excluding hydrogens is 345 g/mol. The van der Waals surface area contributed by atoms with Crippen LogP contribution in [0, 0.1) is 5.82 Å².